The van der Waals surface area contributed by atoms with E-state index < -0.39 is 23.8 Å². The van der Waals surface area contributed by atoms with Gasteiger partial charge in [-0.1, -0.05) is 54.6 Å². The molecule has 0 heterocycles. The largest absolute Gasteiger partial charge is 0.465 e. The van der Waals surface area contributed by atoms with E-state index in [9.17, 15) is 19.2 Å². The summed E-state index contributed by atoms with van der Waals surface area (Å²) >= 11 is 0. The smallest absolute Gasteiger partial charge is 0.339 e. The predicted octanol–water partition coefficient (Wildman–Crippen LogP) is 3.92. The summed E-state index contributed by atoms with van der Waals surface area (Å²) in [6.45, 7) is 0. The zero-order valence-corrected chi connectivity index (χ0v) is 18.5. The summed E-state index contributed by atoms with van der Waals surface area (Å²) in [6, 6.07) is 21.3. The summed E-state index contributed by atoms with van der Waals surface area (Å²) in [5, 5.41) is 5.20. The lowest BCUT2D eigenvalue weighted by Gasteiger charge is -2.14. The van der Waals surface area contributed by atoms with E-state index in [1.54, 1.807) is 54.6 Å². The average molecular weight is 458 g/mol. The molecule has 3 aromatic rings. The molecule has 34 heavy (non-hydrogen) atoms. The Morgan fingerprint density at radius 3 is 1.47 bits per heavy atom. The highest BCUT2D eigenvalue weighted by Crippen LogP contribution is 2.20. The SMILES string of the molecule is COC(=O)c1ccccc1NC(=O)C(=Cc1ccccc1)C(=O)Nc1ccccc1C(=O)OC. The number of carbonyl (C=O) groups is 4. The van der Waals surface area contributed by atoms with E-state index in [0.717, 1.165) is 0 Å². The van der Waals surface area contributed by atoms with Crippen molar-refractivity contribution in [3.8, 4) is 0 Å². The molecule has 0 unspecified atom stereocenters. The van der Waals surface area contributed by atoms with E-state index in [0.29, 0.717) is 5.56 Å². The summed E-state index contributed by atoms with van der Waals surface area (Å²) in [4.78, 5) is 50.5. The van der Waals surface area contributed by atoms with E-state index in [1.807, 2.05) is 0 Å². The number of hydrogen-bond donors (Lipinski definition) is 2. The molecular weight excluding hydrogens is 436 g/mol. The normalized spacial score (nSPS) is 9.94. The average Bonchev–Trinajstić information content (AvgIpc) is 2.87. The molecule has 2 amide bonds. The van der Waals surface area contributed by atoms with Crippen molar-refractivity contribution in [3.05, 3.63) is 101 Å². The number of carbonyl (C=O) groups excluding carboxylic acids is 4. The van der Waals surface area contributed by atoms with Crippen LogP contribution in [0.5, 0.6) is 0 Å². The molecular formula is C26H22N2O6. The first-order valence-electron chi connectivity index (χ1n) is 10.2. The van der Waals surface area contributed by atoms with Gasteiger partial charge >= 0.3 is 11.9 Å². The minimum absolute atomic E-state index is 0.133. The van der Waals surface area contributed by atoms with Crippen molar-refractivity contribution >= 4 is 41.2 Å². The Balaban J connectivity index is 1.97. The van der Waals surface area contributed by atoms with Gasteiger partial charge in [0.25, 0.3) is 11.8 Å². The molecule has 0 aromatic heterocycles. The standard InChI is InChI=1S/C26H22N2O6/c1-33-25(31)18-12-6-8-14-21(18)27-23(29)20(16-17-10-4-3-5-11-17)24(30)28-22-15-9-7-13-19(22)26(32)34-2/h3-16H,1-2H3,(H,27,29)(H,28,30). The molecule has 0 atom stereocenters. The number of amides is 2. The Bertz CT molecular complexity index is 1180. The molecule has 8 heteroatoms. The summed E-state index contributed by atoms with van der Waals surface area (Å²) in [7, 11) is 2.46. The molecule has 0 aliphatic heterocycles. The van der Waals surface area contributed by atoms with Gasteiger partial charge in [-0.3, -0.25) is 9.59 Å². The molecule has 0 saturated carbocycles. The molecule has 0 saturated heterocycles. The lowest BCUT2D eigenvalue weighted by Crippen LogP contribution is -2.26. The van der Waals surface area contributed by atoms with Crippen LogP contribution in [-0.4, -0.2) is 38.0 Å². The van der Waals surface area contributed by atoms with Gasteiger partial charge in [-0.2, -0.15) is 0 Å². The minimum atomic E-state index is -0.756. The van der Waals surface area contributed by atoms with Crippen LogP contribution < -0.4 is 10.6 Å². The highest BCUT2D eigenvalue weighted by atomic mass is 16.5. The summed E-state index contributed by atoms with van der Waals surface area (Å²) in [5.74, 6) is -2.79. The van der Waals surface area contributed by atoms with Gasteiger partial charge in [0.15, 0.2) is 0 Å². The number of para-hydroxylation sites is 2. The van der Waals surface area contributed by atoms with Crippen LogP contribution in [0.4, 0.5) is 11.4 Å². The van der Waals surface area contributed by atoms with Gasteiger partial charge in [0.05, 0.1) is 36.7 Å². The second kappa shape index (κ2) is 11.2. The van der Waals surface area contributed by atoms with E-state index in [1.165, 1.54) is 44.6 Å². The van der Waals surface area contributed by atoms with Crippen molar-refractivity contribution in [1.29, 1.82) is 0 Å². The number of ether oxygens (including phenoxy) is 2. The molecule has 0 radical (unpaired) electrons. The van der Waals surface area contributed by atoms with E-state index >= 15 is 0 Å². The van der Waals surface area contributed by atoms with Crippen LogP contribution in [0, 0.1) is 0 Å². The molecule has 172 valence electrons. The summed E-state index contributed by atoms with van der Waals surface area (Å²) < 4.78 is 9.52. The van der Waals surface area contributed by atoms with Gasteiger partial charge < -0.3 is 20.1 Å². The van der Waals surface area contributed by atoms with E-state index in [4.69, 9.17) is 9.47 Å². The lowest BCUT2D eigenvalue weighted by molar-refractivity contribution is -0.118. The van der Waals surface area contributed by atoms with Crippen molar-refractivity contribution in [2.75, 3.05) is 24.9 Å². The summed E-state index contributed by atoms with van der Waals surface area (Å²) in [5.41, 5.74) is 0.987. The van der Waals surface area contributed by atoms with Crippen LogP contribution in [0.15, 0.2) is 84.4 Å². The van der Waals surface area contributed by atoms with Crippen LogP contribution in [0.3, 0.4) is 0 Å². The molecule has 8 nitrogen and oxygen atoms in total. The molecule has 3 aromatic carbocycles. The Labute approximate surface area is 196 Å². The number of nitrogens with one attached hydrogen (secondary N) is 2. The number of rotatable bonds is 7. The maximum absolute atomic E-state index is 13.2. The minimum Gasteiger partial charge on any atom is -0.465 e. The Morgan fingerprint density at radius 2 is 1.03 bits per heavy atom. The van der Waals surface area contributed by atoms with Crippen LogP contribution >= 0.6 is 0 Å². The van der Waals surface area contributed by atoms with Crippen LogP contribution in [0.25, 0.3) is 6.08 Å². The van der Waals surface area contributed by atoms with Crippen LogP contribution in [-0.2, 0) is 19.1 Å². The van der Waals surface area contributed by atoms with E-state index in [2.05, 4.69) is 10.6 Å². The number of methoxy groups -OCH3 is 2. The fraction of sp³-hybridized carbons (Fsp3) is 0.0769. The first kappa shape index (κ1) is 23.9. The fourth-order valence-electron chi connectivity index (χ4n) is 3.09. The van der Waals surface area contributed by atoms with Crippen LogP contribution in [0.2, 0.25) is 0 Å². The maximum Gasteiger partial charge on any atom is 0.339 e. The van der Waals surface area contributed by atoms with Crippen molar-refractivity contribution in [2.45, 2.75) is 0 Å². The van der Waals surface area contributed by atoms with Gasteiger partial charge in [0.1, 0.15) is 5.57 Å². The molecule has 3 rings (SSSR count). The second-order valence-corrected chi connectivity index (χ2v) is 6.95. The quantitative estimate of drug-likeness (QED) is 0.240. The van der Waals surface area contributed by atoms with Crippen LogP contribution in [0.1, 0.15) is 26.3 Å². The molecule has 0 fully saturated rings. The van der Waals surface area contributed by atoms with Gasteiger partial charge in [0.2, 0.25) is 0 Å². The van der Waals surface area contributed by atoms with Crippen molar-refractivity contribution in [3.63, 3.8) is 0 Å². The lowest BCUT2D eigenvalue weighted by atomic mass is 10.1. The predicted molar refractivity (Wildman–Crippen MR) is 127 cm³/mol. The number of hydrogen-bond acceptors (Lipinski definition) is 6. The third-order valence-corrected chi connectivity index (χ3v) is 4.76. The Kier molecular flexibility index (Phi) is 7.91. The third kappa shape index (κ3) is 5.74. The zero-order valence-electron chi connectivity index (χ0n) is 18.5. The highest BCUT2D eigenvalue weighted by molar-refractivity contribution is 6.29. The topological polar surface area (TPSA) is 111 Å². The highest BCUT2D eigenvalue weighted by Gasteiger charge is 2.23. The first-order valence-corrected chi connectivity index (χ1v) is 10.2. The fourth-order valence-corrected chi connectivity index (χ4v) is 3.09. The van der Waals surface area contributed by atoms with Gasteiger partial charge in [-0.05, 0) is 35.9 Å². The van der Waals surface area contributed by atoms with Crippen molar-refractivity contribution in [1.82, 2.24) is 0 Å². The molecule has 0 bridgehead atoms. The molecule has 0 aliphatic carbocycles. The molecule has 0 aliphatic rings. The van der Waals surface area contributed by atoms with Gasteiger partial charge in [0, 0.05) is 0 Å². The number of anilines is 2. The zero-order chi connectivity index (χ0) is 24.5. The monoisotopic (exact) mass is 458 g/mol. The Hall–Kier alpha value is -4.72. The number of esters is 2. The summed E-state index contributed by atoms with van der Waals surface area (Å²) in [6.07, 6.45) is 1.41. The first-order chi connectivity index (χ1) is 16.4. The Morgan fingerprint density at radius 1 is 0.618 bits per heavy atom. The second-order valence-electron chi connectivity index (χ2n) is 6.95. The van der Waals surface area contributed by atoms with Gasteiger partial charge in [-0.15, -0.1) is 0 Å². The maximum atomic E-state index is 13.2. The van der Waals surface area contributed by atoms with Gasteiger partial charge in [-0.25, -0.2) is 9.59 Å². The van der Waals surface area contributed by atoms with E-state index in [-0.39, 0.29) is 28.1 Å². The van der Waals surface area contributed by atoms with Crippen molar-refractivity contribution < 1.29 is 28.7 Å². The third-order valence-electron chi connectivity index (χ3n) is 4.76. The molecule has 0 spiro atoms. The molecule has 2 N–H and O–H groups in total. The van der Waals surface area contributed by atoms with Crippen molar-refractivity contribution in [2.24, 2.45) is 0 Å². The number of benzene rings is 3.